The van der Waals surface area contributed by atoms with E-state index in [2.05, 4.69) is 4.74 Å². The van der Waals surface area contributed by atoms with Crippen LogP contribution in [0.4, 0.5) is 0 Å². The van der Waals surface area contributed by atoms with E-state index in [1.807, 2.05) is 0 Å². The zero-order chi connectivity index (χ0) is 5.70. The minimum atomic E-state index is -0.419. The van der Waals surface area contributed by atoms with Gasteiger partial charge in [0.15, 0.2) is 0 Å². The van der Waals surface area contributed by atoms with Gasteiger partial charge >= 0.3 is 6.47 Å². The Morgan fingerprint density at radius 3 is 2.71 bits per heavy atom. The molecular formula is C4H7O3. The SMILES string of the molecule is CC(CO)O[C]=O. The van der Waals surface area contributed by atoms with E-state index in [9.17, 15) is 4.79 Å². The van der Waals surface area contributed by atoms with Crippen LogP contribution in [-0.2, 0) is 9.53 Å². The number of aliphatic hydroxyl groups is 1. The molecule has 1 radical (unpaired) electrons. The molecule has 1 N–H and O–H groups in total. The highest BCUT2D eigenvalue weighted by Crippen LogP contribution is 1.81. The van der Waals surface area contributed by atoms with Gasteiger partial charge in [0.25, 0.3) is 0 Å². The molecule has 0 bridgehead atoms. The lowest BCUT2D eigenvalue weighted by Crippen LogP contribution is -2.10. The molecule has 0 fully saturated rings. The largest absolute Gasteiger partial charge is 0.452 e. The van der Waals surface area contributed by atoms with Crippen LogP contribution in [0.15, 0.2) is 0 Å². The van der Waals surface area contributed by atoms with E-state index < -0.39 is 6.10 Å². The second kappa shape index (κ2) is 3.61. The molecule has 0 aliphatic rings. The molecule has 0 aliphatic carbocycles. The molecule has 0 saturated carbocycles. The highest BCUT2D eigenvalue weighted by atomic mass is 16.5. The second-order valence-electron chi connectivity index (χ2n) is 1.19. The molecule has 1 atom stereocenters. The number of aliphatic hydroxyl groups excluding tert-OH is 1. The first-order chi connectivity index (χ1) is 3.31. The van der Waals surface area contributed by atoms with E-state index in [1.165, 1.54) is 6.47 Å². The van der Waals surface area contributed by atoms with E-state index in [0.29, 0.717) is 0 Å². The monoisotopic (exact) mass is 103 g/mol. The minimum absolute atomic E-state index is 0.144. The summed E-state index contributed by atoms with van der Waals surface area (Å²) in [5.41, 5.74) is 0. The highest BCUT2D eigenvalue weighted by Gasteiger charge is 1.95. The fourth-order valence-corrected chi connectivity index (χ4v) is 0.119. The molecule has 0 aromatic rings. The van der Waals surface area contributed by atoms with Gasteiger partial charge in [-0.3, -0.25) is 0 Å². The Labute approximate surface area is 41.9 Å². The summed E-state index contributed by atoms with van der Waals surface area (Å²) in [6.45, 7) is 2.64. The van der Waals surface area contributed by atoms with Gasteiger partial charge in [0.1, 0.15) is 6.10 Å². The van der Waals surface area contributed by atoms with Crippen molar-refractivity contribution in [3.63, 3.8) is 0 Å². The third-order valence-corrected chi connectivity index (χ3v) is 0.506. The summed E-state index contributed by atoms with van der Waals surface area (Å²) in [7, 11) is 0. The van der Waals surface area contributed by atoms with Crippen LogP contribution in [0.2, 0.25) is 0 Å². The van der Waals surface area contributed by atoms with Crippen LogP contribution in [-0.4, -0.2) is 24.3 Å². The van der Waals surface area contributed by atoms with Gasteiger partial charge in [-0.05, 0) is 6.92 Å². The van der Waals surface area contributed by atoms with Crippen molar-refractivity contribution in [1.82, 2.24) is 0 Å². The van der Waals surface area contributed by atoms with Crippen molar-refractivity contribution in [2.24, 2.45) is 0 Å². The van der Waals surface area contributed by atoms with E-state index in [4.69, 9.17) is 5.11 Å². The molecule has 0 aromatic carbocycles. The van der Waals surface area contributed by atoms with E-state index in [1.54, 1.807) is 6.92 Å². The third kappa shape index (κ3) is 3.26. The predicted octanol–water partition coefficient (Wildman–Crippen LogP) is -0.549. The molecule has 1 unspecified atom stereocenters. The standard InChI is InChI=1S/C4H7O3/c1-4(2-5)7-3-6/h4-5H,2H2,1H3. The van der Waals surface area contributed by atoms with Crippen molar-refractivity contribution >= 4 is 6.47 Å². The second-order valence-corrected chi connectivity index (χ2v) is 1.19. The molecule has 0 spiro atoms. The molecule has 0 rings (SSSR count). The van der Waals surface area contributed by atoms with Gasteiger partial charge in [0.2, 0.25) is 0 Å². The number of hydrogen-bond donors (Lipinski definition) is 1. The first-order valence-electron chi connectivity index (χ1n) is 1.95. The molecule has 0 amide bonds. The van der Waals surface area contributed by atoms with Crippen molar-refractivity contribution < 1.29 is 14.6 Å². The Morgan fingerprint density at radius 2 is 2.57 bits per heavy atom. The summed E-state index contributed by atoms with van der Waals surface area (Å²) in [5.74, 6) is 0. The molecule has 3 nitrogen and oxygen atoms in total. The predicted molar refractivity (Wildman–Crippen MR) is 23.3 cm³/mol. The fraction of sp³-hybridized carbons (Fsp3) is 0.750. The average molecular weight is 103 g/mol. The van der Waals surface area contributed by atoms with E-state index in [0.717, 1.165) is 0 Å². The van der Waals surface area contributed by atoms with Crippen LogP contribution in [0.5, 0.6) is 0 Å². The van der Waals surface area contributed by atoms with Gasteiger partial charge < -0.3 is 9.84 Å². The molecule has 0 aliphatic heterocycles. The topological polar surface area (TPSA) is 46.5 Å². The molecule has 3 heteroatoms. The minimum Gasteiger partial charge on any atom is -0.452 e. The average Bonchev–Trinajstić information content (AvgIpc) is 1.68. The van der Waals surface area contributed by atoms with Crippen molar-refractivity contribution in [3.05, 3.63) is 0 Å². The van der Waals surface area contributed by atoms with Crippen molar-refractivity contribution in [1.29, 1.82) is 0 Å². The lowest BCUT2D eigenvalue weighted by Gasteiger charge is -2.00. The van der Waals surface area contributed by atoms with Gasteiger partial charge in [0, 0.05) is 0 Å². The molecule has 0 saturated heterocycles. The fourth-order valence-electron chi connectivity index (χ4n) is 0.119. The molecule has 41 valence electrons. The molecule has 0 aromatic heterocycles. The Balaban J connectivity index is 2.98. The van der Waals surface area contributed by atoms with Crippen LogP contribution in [0.1, 0.15) is 6.92 Å². The quantitative estimate of drug-likeness (QED) is 0.521. The maximum Gasteiger partial charge on any atom is 0.417 e. The van der Waals surface area contributed by atoms with Crippen molar-refractivity contribution in [2.75, 3.05) is 6.61 Å². The van der Waals surface area contributed by atoms with Gasteiger partial charge in [-0.2, -0.15) is 0 Å². The lowest BCUT2D eigenvalue weighted by molar-refractivity contribution is 0.115. The van der Waals surface area contributed by atoms with Crippen LogP contribution in [0.3, 0.4) is 0 Å². The Hall–Kier alpha value is -0.570. The molecular weight excluding hydrogens is 96.0 g/mol. The zero-order valence-electron chi connectivity index (χ0n) is 4.05. The van der Waals surface area contributed by atoms with Gasteiger partial charge in [-0.15, -0.1) is 0 Å². The zero-order valence-corrected chi connectivity index (χ0v) is 4.05. The summed E-state index contributed by atoms with van der Waals surface area (Å²) in [5, 5.41) is 8.16. The number of hydrogen-bond acceptors (Lipinski definition) is 3. The highest BCUT2D eigenvalue weighted by molar-refractivity contribution is 5.38. The molecule has 0 heterocycles. The maximum atomic E-state index is 9.32. The lowest BCUT2D eigenvalue weighted by atomic mass is 10.4. The van der Waals surface area contributed by atoms with Crippen LogP contribution < -0.4 is 0 Å². The third-order valence-electron chi connectivity index (χ3n) is 0.506. The van der Waals surface area contributed by atoms with Gasteiger partial charge in [-0.1, -0.05) is 0 Å². The smallest absolute Gasteiger partial charge is 0.417 e. The normalized spacial score (nSPS) is 12.9. The van der Waals surface area contributed by atoms with E-state index >= 15 is 0 Å². The summed E-state index contributed by atoms with van der Waals surface area (Å²) in [4.78, 5) is 9.32. The maximum absolute atomic E-state index is 9.32. The van der Waals surface area contributed by atoms with Crippen LogP contribution in [0.25, 0.3) is 0 Å². The summed E-state index contributed by atoms with van der Waals surface area (Å²) < 4.78 is 4.14. The summed E-state index contributed by atoms with van der Waals surface area (Å²) in [6.07, 6.45) is -0.419. The van der Waals surface area contributed by atoms with Crippen molar-refractivity contribution in [2.45, 2.75) is 13.0 Å². The first kappa shape index (κ1) is 6.43. The number of ether oxygens (including phenoxy) is 1. The Morgan fingerprint density at radius 1 is 2.00 bits per heavy atom. The van der Waals surface area contributed by atoms with Crippen molar-refractivity contribution in [3.8, 4) is 0 Å². The van der Waals surface area contributed by atoms with Gasteiger partial charge in [-0.25, -0.2) is 4.79 Å². The first-order valence-corrected chi connectivity index (χ1v) is 1.95. The molecule has 7 heavy (non-hydrogen) atoms. The number of rotatable bonds is 3. The Bertz CT molecular complexity index is 52.9. The Kier molecular flexibility index (Phi) is 3.32. The number of carbonyl (C=O) groups excluding carboxylic acids is 1. The van der Waals surface area contributed by atoms with E-state index in [-0.39, 0.29) is 6.61 Å². The van der Waals surface area contributed by atoms with Gasteiger partial charge in [0.05, 0.1) is 6.61 Å². The van der Waals surface area contributed by atoms with Crippen LogP contribution >= 0.6 is 0 Å². The summed E-state index contributed by atoms with van der Waals surface area (Å²) >= 11 is 0. The summed E-state index contributed by atoms with van der Waals surface area (Å²) in [6, 6.07) is 0. The van der Waals surface area contributed by atoms with Crippen LogP contribution in [0, 0.1) is 0 Å².